The first kappa shape index (κ1) is 18.7. The number of hydrogen-bond donors (Lipinski definition) is 2. The molecule has 5 nitrogen and oxygen atoms in total. The summed E-state index contributed by atoms with van der Waals surface area (Å²) in [6.45, 7) is -0.0117. The Morgan fingerprint density at radius 3 is 2.42 bits per heavy atom. The van der Waals surface area contributed by atoms with Crippen molar-refractivity contribution in [2.75, 3.05) is 6.54 Å². The Morgan fingerprint density at radius 1 is 1.21 bits per heavy atom. The van der Waals surface area contributed by atoms with E-state index in [1.165, 1.54) is 11.3 Å². The van der Waals surface area contributed by atoms with Crippen LogP contribution < -0.4 is 9.46 Å². The maximum absolute atomic E-state index is 12.1. The van der Waals surface area contributed by atoms with E-state index in [-0.39, 0.29) is 17.9 Å². The first-order chi connectivity index (χ1) is 11.2. The molecule has 1 aromatic carbocycles. The van der Waals surface area contributed by atoms with Gasteiger partial charge in [-0.1, -0.05) is 6.07 Å². The molecule has 1 aromatic heterocycles. The van der Waals surface area contributed by atoms with Gasteiger partial charge in [-0.2, -0.15) is 0 Å². The third-order valence-corrected chi connectivity index (χ3v) is 5.40. The van der Waals surface area contributed by atoms with Gasteiger partial charge in [0, 0.05) is 11.4 Å². The second-order valence-corrected chi connectivity index (χ2v) is 7.48. The summed E-state index contributed by atoms with van der Waals surface area (Å²) >= 11 is 1.36. The lowest BCUT2D eigenvalue weighted by atomic mass is 10.2. The molecule has 2 aromatic rings. The molecule has 0 amide bonds. The third-order valence-electron chi connectivity index (χ3n) is 2.95. The number of aliphatic hydroxyl groups is 1. The molecule has 2 rings (SSSR count). The summed E-state index contributed by atoms with van der Waals surface area (Å²) in [4.78, 5) is 0.533. The van der Waals surface area contributed by atoms with Crippen molar-refractivity contribution in [2.24, 2.45) is 0 Å². The quantitative estimate of drug-likeness (QED) is 0.773. The van der Waals surface area contributed by atoms with Crippen LogP contribution in [0.2, 0.25) is 0 Å². The molecule has 0 aliphatic carbocycles. The highest BCUT2D eigenvalue weighted by Crippen LogP contribution is 2.24. The fourth-order valence-corrected chi connectivity index (χ4v) is 3.65. The highest BCUT2D eigenvalue weighted by molar-refractivity contribution is 7.89. The fourth-order valence-electron chi connectivity index (χ4n) is 1.86. The molecular weight excluding hydrogens is 367 g/mol. The van der Waals surface area contributed by atoms with Gasteiger partial charge in [-0.3, -0.25) is 0 Å². The van der Waals surface area contributed by atoms with Crippen LogP contribution in [0.4, 0.5) is 13.2 Å². The zero-order chi connectivity index (χ0) is 17.8. The van der Waals surface area contributed by atoms with Crippen LogP contribution >= 0.6 is 11.3 Å². The van der Waals surface area contributed by atoms with Crippen LogP contribution in [0, 0.1) is 0 Å². The average Bonchev–Trinajstić information content (AvgIpc) is 3.00. The number of nitrogens with one attached hydrogen (secondary N) is 1. The van der Waals surface area contributed by atoms with E-state index in [1.54, 1.807) is 17.5 Å². The third kappa shape index (κ3) is 5.48. The van der Waals surface area contributed by atoms with Crippen molar-refractivity contribution in [3.63, 3.8) is 0 Å². The normalized spacial score (nSPS) is 13.7. The van der Waals surface area contributed by atoms with Crippen LogP contribution in [-0.4, -0.2) is 26.4 Å². The van der Waals surface area contributed by atoms with Gasteiger partial charge in [-0.25, -0.2) is 13.1 Å². The van der Waals surface area contributed by atoms with E-state index in [9.17, 15) is 26.7 Å². The zero-order valence-corrected chi connectivity index (χ0v) is 13.8. The topological polar surface area (TPSA) is 75.6 Å². The van der Waals surface area contributed by atoms with Gasteiger partial charge in [-0.15, -0.1) is 24.5 Å². The van der Waals surface area contributed by atoms with Crippen molar-refractivity contribution < 1.29 is 31.4 Å². The van der Waals surface area contributed by atoms with Crippen molar-refractivity contribution in [1.29, 1.82) is 0 Å². The first-order valence-corrected chi connectivity index (χ1v) is 9.10. The number of sulfonamides is 1. The Morgan fingerprint density at radius 2 is 1.88 bits per heavy atom. The molecule has 0 saturated heterocycles. The molecule has 0 fully saturated rings. The number of aliphatic hydroxyl groups excluding tert-OH is 1. The largest absolute Gasteiger partial charge is 0.573 e. The lowest BCUT2D eigenvalue weighted by Crippen LogP contribution is -2.26. The standard InChI is InChI=1S/C14H14F3NO4S2/c15-14(16,17)22-10-3-5-11(6-4-10)24(20,21)18-8-7-12(19)13-2-1-9-23-13/h1-6,9,12,18-19H,7-8H2/t12-/m0/s1. The van der Waals surface area contributed by atoms with Crippen LogP contribution in [0.25, 0.3) is 0 Å². The number of ether oxygens (including phenoxy) is 1. The van der Waals surface area contributed by atoms with Crippen LogP contribution in [-0.2, 0) is 10.0 Å². The second-order valence-electron chi connectivity index (χ2n) is 4.74. The number of rotatable bonds is 7. The van der Waals surface area contributed by atoms with Crippen molar-refractivity contribution in [3.05, 3.63) is 46.7 Å². The van der Waals surface area contributed by atoms with E-state index >= 15 is 0 Å². The molecule has 1 atom stereocenters. The number of halogens is 3. The Bertz CT molecular complexity index is 743. The van der Waals surface area contributed by atoms with Gasteiger partial charge in [-0.05, 0) is 42.1 Å². The molecule has 0 aliphatic heterocycles. The maximum atomic E-state index is 12.1. The highest BCUT2D eigenvalue weighted by atomic mass is 32.2. The van der Waals surface area contributed by atoms with Gasteiger partial charge < -0.3 is 9.84 Å². The Labute approximate surface area is 140 Å². The van der Waals surface area contributed by atoms with Crippen LogP contribution in [0.15, 0.2) is 46.7 Å². The minimum atomic E-state index is -4.84. The van der Waals surface area contributed by atoms with E-state index < -0.39 is 28.2 Å². The molecule has 0 radical (unpaired) electrons. The van der Waals surface area contributed by atoms with Gasteiger partial charge in [0.05, 0.1) is 11.0 Å². The predicted molar refractivity (Wildman–Crippen MR) is 82.2 cm³/mol. The maximum Gasteiger partial charge on any atom is 0.573 e. The summed E-state index contributed by atoms with van der Waals surface area (Å²) in [6, 6.07) is 7.38. The Kier molecular flexibility index (Phi) is 5.86. The Hall–Kier alpha value is -1.62. The summed E-state index contributed by atoms with van der Waals surface area (Å²) in [5.41, 5.74) is 0. The van der Waals surface area contributed by atoms with Crippen molar-refractivity contribution >= 4 is 21.4 Å². The second kappa shape index (κ2) is 7.51. The smallest absolute Gasteiger partial charge is 0.406 e. The van der Waals surface area contributed by atoms with Gasteiger partial charge in [0.25, 0.3) is 0 Å². The monoisotopic (exact) mass is 381 g/mol. The highest BCUT2D eigenvalue weighted by Gasteiger charge is 2.31. The molecule has 0 aliphatic rings. The van der Waals surface area contributed by atoms with E-state index in [2.05, 4.69) is 9.46 Å². The Balaban J connectivity index is 1.92. The molecule has 1 heterocycles. The average molecular weight is 381 g/mol. The van der Waals surface area contributed by atoms with Crippen LogP contribution in [0.1, 0.15) is 17.4 Å². The summed E-state index contributed by atoms with van der Waals surface area (Å²) in [6.07, 6.45) is -5.44. The van der Waals surface area contributed by atoms with Crippen molar-refractivity contribution in [1.82, 2.24) is 4.72 Å². The number of alkyl halides is 3. The molecule has 0 spiro atoms. The van der Waals surface area contributed by atoms with Gasteiger partial charge in [0.15, 0.2) is 0 Å². The van der Waals surface area contributed by atoms with E-state index in [0.29, 0.717) is 0 Å². The van der Waals surface area contributed by atoms with E-state index in [0.717, 1.165) is 29.1 Å². The number of hydrogen-bond acceptors (Lipinski definition) is 5. The molecule has 24 heavy (non-hydrogen) atoms. The molecule has 132 valence electrons. The summed E-state index contributed by atoms with van der Waals surface area (Å²) < 4.78 is 66.2. The minimum absolute atomic E-state index is 0.0117. The molecule has 0 saturated carbocycles. The van der Waals surface area contributed by atoms with E-state index in [1.807, 2.05) is 0 Å². The number of benzene rings is 1. The number of thiophene rings is 1. The minimum Gasteiger partial charge on any atom is -0.406 e. The molecular formula is C14H14F3NO4S2. The zero-order valence-electron chi connectivity index (χ0n) is 12.2. The molecule has 10 heteroatoms. The fraction of sp³-hybridized carbons (Fsp3) is 0.286. The van der Waals surface area contributed by atoms with Gasteiger partial charge >= 0.3 is 6.36 Å². The summed E-state index contributed by atoms with van der Waals surface area (Å²) in [7, 11) is -3.88. The van der Waals surface area contributed by atoms with Crippen LogP contribution in [0.3, 0.4) is 0 Å². The van der Waals surface area contributed by atoms with Crippen molar-refractivity contribution in [3.8, 4) is 5.75 Å². The first-order valence-electron chi connectivity index (χ1n) is 6.74. The molecule has 0 bridgehead atoms. The van der Waals surface area contributed by atoms with Crippen LogP contribution in [0.5, 0.6) is 5.75 Å². The summed E-state index contributed by atoms with van der Waals surface area (Å²) in [5.74, 6) is -0.505. The van der Waals surface area contributed by atoms with Crippen molar-refractivity contribution in [2.45, 2.75) is 23.8 Å². The lowest BCUT2D eigenvalue weighted by Gasteiger charge is -2.11. The van der Waals surface area contributed by atoms with Gasteiger partial charge in [0.2, 0.25) is 10.0 Å². The van der Waals surface area contributed by atoms with E-state index in [4.69, 9.17) is 0 Å². The predicted octanol–water partition coefficient (Wildman–Crippen LogP) is 3.05. The summed E-state index contributed by atoms with van der Waals surface area (Å²) in [5, 5.41) is 11.7. The van der Waals surface area contributed by atoms with Gasteiger partial charge in [0.1, 0.15) is 5.75 Å². The molecule has 2 N–H and O–H groups in total. The SMILES string of the molecule is O=S(=O)(NCC[C@H](O)c1cccs1)c1ccc(OC(F)(F)F)cc1. The molecule has 0 unspecified atom stereocenters. The lowest BCUT2D eigenvalue weighted by molar-refractivity contribution is -0.274.